The summed E-state index contributed by atoms with van der Waals surface area (Å²) in [4.78, 5) is 0. The maximum atomic E-state index is 4.59. The summed E-state index contributed by atoms with van der Waals surface area (Å²) in [6.07, 6.45) is 4.55. The lowest BCUT2D eigenvalue weighted by Gasteiger charge is -2.05. The zero-order valence-electron chi connectivity index (χ0n) is 10.2. The molecule has 0 saturated carbocycles. The maximum Gasteiger partial charge on any atom is 0.0624 e. The van der Waals surface area contributed by atoms with Gasteiger partial charge in [0.1, 0.15) is 0 Å². The van der Waals surface area contributed by atoms with Crippen molar-refractivity contribution in [1.82, 2.24) is 15.1 Å². The maximum absolute atomic E-state index is 4.59. The second-order valence-corrected chi connectivity index (χ2v) is 3.87. The van der Waals surface area contributed by atoms with Crippen LogP contribution in [0.25, 0.3) is 0 Å². The van der Waals surface area contributed by atoms with Gasteiger partial charge in [-0.25, -0.2) is 0 Å². The standard InChI is InChI=1S/C12H23N3/c1-4-11-10-12(5-2)15(14-11)9-7-6-8-13-3/h10,13H,4-9H2,1-3H3. The monoisotopic (exact) mass is 209 g/mol. The Morgan fingerprint density at radius 2 is 2.07 bits per heavy atom. The number of unbranched alkanes of at least 4 members (excludes halogenated alkanes) is 1. The van der Waals surface area contributed by atoms with Gasteiger partial charge in [0, 0.05) is 12.2 Å². The Morgan fingerprint density at radius 1 is 1.27 bits per heavy atom. The predicted molar refractivity (Wildman–Crippen MR) is 64.1 cm³/mol. The smallest absolute Gasteiger partial charge is 0.0624 e. The van der Waals surface area contributed by atoms with Gasteiger partial charge in [0.2, 0.25) is 0 Å². The Hall–Kier alpha value is -0.830. The van der Waals surface area contributed by atoms with E-state index in [0.29, 0.717) is 0 Å². The highest BCUT2D eigenvalue weighted by molar-refractivity contribution is 5.10. The summed E-state index contributed by atoms with van der Waals surface area (Å²) in [6, 6.07) is 2.23. The number of hydrogen-bond acceptors (Lipinski definition) is 2. The largest absolute Gasteiger partial charge is 0.320 e. The van der Waals surface area contributed by atoms with Crippen LogP contribution in [0.2, 0.25) is 0 Å². The van der Waals surface area contributed by atoms with Crippen LogP contribution in [-0.4, -0.2) is 23.4 Å². The Bertz CT molecular complexity index is 278. The van der Waals surface area contributed by atoms with Crippen LogP contribution >= 0.6 is 0 Å². The van der Waals surface area contributed by atoms with Gasteiger partial charge >= 0.3 is 0 Å². The number of aromatic nitrogens is 2. The number of nitrogens with zero attached hydrogens (tertiary/aromatic N) is 2. The molecule has 0 atom stereocenters. The van der Waals surface area contributed by atoms with Crippen LogP contribution in [0.4, 0.5) is 0 Å². The molecule has 0 aliphatic carbocycles. The van der Waals surface area contributed by atoms with E-state index in [2.05, 4.69) is 35.0 Å². The van der Waals surface area contributed by atoms with E-state index in [1.165, 1.54) is 24.2 Å². The molecule has 0 spiro atoms. The zero-order valence-corrected chi connectivity index (χ0v) is 10.2. The molecule has 1 aromatic heterocycles. The molecule has 0 aromatic carbocycles. The Labute approximate surface area is 92.9 Å². The summed E-state index contributed by atoms with van der Waals surface area (Å²) < 4.78 is 2.18. The van der Waals surface area contributed by atoms with Crippen LogP contribution in [0.1, 0.15) is 38.1 Å². The first-order valence-corrected chi connectivity index (χ1v) is 6.02. The van der Waals surface area contributed by atoms with Crippen molar-refractivity contribution in [2.75, 3.05) is 13.6 Å². The van der Waals surface area contributed by atoms with E-state index >= 15 is 0 Å². The highest BCUT2D eigenvalue weighted by atomic mass is 15.3. The van der Waals surface area contributed by atoms with E-state index in [1.807, 2.05) is 7.05 Å². The van der Waals surface area contributed by atoms with Crippen LogP contribution in [0.15, 0.2) is 6.07 Å². The number of nitrogens with one attached hydrogen (secondary N) is 1. The molecule has 0 aliphatic heterocycles. The molecular formula is C12H23N3. The summed E-state index contributed by atoms with van der Waals surface area (Å²) in [7, 11) is 2.00. The summed E-state index contributed by atoms with van der Waals surface area (Å²) in [5.41, 5.74) is 2.59. The van der Waals surface area contributed by atoms with E-state index in [4.69, 9.17) is 0 Å². The molecule has 1 N–H and O–H groups in total. The molecule has 3 heteroatoms. The molecule has 86 valence electrons. The topological polar surface area (TPSA) is 29.9 Å². The minimum absolute atomic E-state index is 1.04. The Kier molecular flexibility index (Phi) is 5.40. The first kappa shape index (κ1) is 12.2. The number of rotatable bonds is 7. The van der Waals surface area contributed by atoms with Crippen LogP contribution in [-0.2, 0) is 19.4 Å². The molecule has 3 nitrogen and oxygen atoms in total. The van der Waals surface area contributed by atoms with Crippen molar-refractivity contribution < 1.29 is 0 Å². The molecule has 15 heavy (non-hydrogen) atoms. The highest BCUT2D eigenvalue weighted by Gasteiger charge is 2.04. The van der Waals surface area contributed by atoms with Crippen molar-refractivity contribution in [2.24, 2.45) is 0 Å². The predicted octanol–water partition coefficient (Wildman–Crippen LogP) is 2.01. The van der Waals surface area contributed by atoms with Gasteiger partial charge < -0.3 is 5.32 Å². The third-order valence-electron chi connectivity index (χ3n) is 2.69. The van der Waals surface area contributed by atoms with Crippen LogP contribution in [0.5, 0.6) is 0 Å². The van der Waals surface area contributed by atoms with Gasteiger partial charge in [0.15, 0.2) is 0 Å². The second-order valence-electron chi connectivity index (χ2n) is 3.87. The normalized spacial score (nSPS) is 10.9. The van der Waals surface area contributed by atoms with E-state index in [1.54, 1.807) is 0 Å². The fraction of sp³-hybridized carbons (Fsp3) is 0.750. The molecule has 0 saturated heterocycles. The van der Waals surface area contributed by atoms with Gasteiger partial charge in [-0.2, -0.15) is 5.10 Å². The molecule has 0 amide bonds. The summed E-state index contributed by atoms with van der Waals surface area (Å²) in [6.45, 7) is 6.52. The minimum atomic E-state index is 1.04. The summed E-state index contributed by atoms with van der Waals surface area (Å²) >= 11 is 0. The fourth-order valence-corrected chi connectivity index (χ4v) is 1.73. The molecule has 0 fully saturated rings. The molecule has 1 rings (SSSR count). The Morgan fingerprint density at radius 3 is 2.67 bits per heavy atom. The highest BCUT2D eigenvalue weighted by Crippen LogP contribution is 2.07. The first-order valence-electron chi connectivity index (χ1n) is 6.02. The zero-order chi connectivity index (χ0) is 11.1. The number of aryl methyl sites for hydroxylation is 3. The van der Waals surface area contributed by atoms with E-state index in [0.717, 1.165) is 25.9 Å². The second kappa shape index (κ2) is 6.62. The van der Waals surface area contributed by atoms with Crippen LogP contribution < -0.4 is 5.32 Å². The van der Waals surface area contributed by atoms with E-state index in [9.17, 15) is 0 Å². The first-order chi connectivity index (χ1) is 7.31. The van der Waals surface area contributed by atoms with Crippen molar-refractivity contribution in [3.63, 3.8) is 0 Å². The van der Waals surface area contributed by atoms with Crippen molar-refractivity contribution >= 4 is 0 Å². The summed E-state index contributed by atoms with van der Waals surface area (Å²) in [5.74, 6) is 0. The SMILES string of the molecule is CCc1cc(CC)n(CCCCNC)n1. The lowest BCUT2D eigenvalue weighted by molar-refractivity contribution is 0.528. The lowest BCUT2D eigenvalue weighted by Crippen LogP contribution is -2.10. The molecule has 1 aromatic rings. The third-order valence-corrected chi connectivity index (χ3v) is 2.69. The van der Waals surface area contributed by atoms with Gasteiger partial charge in [-0.1, -0.05) is 13.8 Å². The van der Waals surface area contributed by atoms with E-state index < -0.39 is 0 Å². The van der Waals surface area contributed by atoms with E-state index in [-0.39, 0.29) is 0 Å². The van der Waals surface area contributed by atoms with Crippen molar-refractivity contribution in [1.29, 1.82) is 0 Å². The Balaban J connectivity index is 2.47. The van der Waals surface area contributed by atoms with Crippen LogP contribution in [0, 0.1) is 0 Å². The third kappa shape index (κ3) is 3.67. The van der Waals surface area contributed by atoms with Gasteiger partial charge in [-0.3, -0.25) is 4.68 Å². The van der Waals surface area contributed by atoms with Gasteiger partial charge in [0.05, 0.1) is 5.69 Å². The van der Waals surface area contributed by atoms with Gasteiger partial charge in [-0.05, 0) is 45.3 Å². The van der Waals surface area contributed by atoms with Crippen molar-refractivity contribution in [3.05, 3.63) is 17.5 Å². The quantitative estimate of drug-likeness (QED) is 0.696. The van der Waals surface area contributed by atoms with Crippen molar-refractivity contribution in [3.8, 4) is 0 Å². The van der Waals surface area contributed by atoms with Crippen LogP contribution in [0.3, 0.4) is 0 Å². The molecule has 1 heterocycles. The molecular weight excluding hydrogens is 186 g/mol. The molecule has 0 aliphatic rings. The molecule has 0 radical (unpaired) electrons. The van der Waals surface area contributed by atoms with Crippen molar-refractivity contribution in [2.45, 2.75) is 46.1 Å². The molecule has 0 unspecified atom stereocenters. The summed E-state index contributed by atoms with van der Waals surface area (Å²) in [5, 5.41) is 7.76. The minimum Gasteiger partial charge on any atom is -0.320 e. The lowest BCUT2D eigenvalue weighted by atomic mass is 10.2. The fourth-order valence-electron chi connectivity index (χ4n) is 1.73. The molecule has 0 bridgehead atoms. The van der Waals surface area contributed by atoms with Gasteiger partial charge in [-0.15, -0.1) is 0 Å². The average Bonchev–Trinajstić information content (AvgIpc) is 2.67. The average molecular weight is 209 g/mol. The number of hydrogen-bond donors (Lipinski definition) is 1. The van der Waals surface area contributed by atoms with Gasteiger partial charge in [0.25, 0.3) is 0 Å².